The molecule has 1 saturated heterocycles. The second-order valence-corrected chi connectivity index (χ2v) is 5.48. The summed E-state index contributed by atoms with van der Waals surface area (Å²) in [4.78, 5) is 14.2. The number of likely N-dealkylation sites (tertiary alicyclic amines) is 1. The Morgan fingerprint density at radius 1 is 1.36 bits per heavy atom. The van der Waals surface area contributed by atoms with Crippen LogP contribution < -0.4 is 0 Å². The van der Waals surface area contributed by atoms with E-state index in [1.807, 2.05) is 13.8 Å². The Morgan fingerprint density at radius 2 is 1.93 bits per heavy atom. The van der Waals surface area contributed by atoms with E-state index in [0.29, 0.717) is 17.1 Å². The number of thiol groups is 1. The molecule has 0 radical (unpaired) electrons. The van der Waals surface area contributed by atoms with Crippen molar-refractivity contribution < 1.29 is 4.79 Å². The first-order valence-corrected chi connectivity index (χ1v) is 5.92. The highest BCUT2D eigenvalue weighted by Crippen LogP contribution is 2.26. The highest BCUT2D eigenvalue weighted by atomic mass is 32.1. The average molecular weight is 215 g/mol. The summed E-state index contributed by atoms with van der Waals surface area (Å²) in [5.41, 5.74) is 0. The number of ketones is 1. The van der Waals surface area contributed by atoms with Crippen molar-refractivity contribution in [2.24, 2.45) is 5.92 Å². The summed E-state index contributed by atoms with van der Waals surface area (Å²) < 4.78 is 0. The summed E-state index contributed by atoms with van der Waals surface area (Å²) in [6, 6.07) is 0.553. The standard InChI is InChI=1S/C11H21NOS/c1-7(2)11(13)10-5-9(14)6-12(10)8(3)4/h7-10,14H,5-6H2,1-4H3. The van der Waals surface area contributed by atoms with Gasteiger partial charge in [-0.2, -0.15) is 12.6 Å². The van der Waals surface area contributed by atoms with Gasteiger partial charge in [0.2, 0.25) is 0 Å². The molecule has 1 rings (SSSR count). The van der Waals surface area contributed by atoms with E-state index in [4.69, 9.17) is 0 Å². The lowest BCUT2D eigenvalue weighted by atomic mass is 9.99. The first-order valence-electron chi connectivity index (χ1n) is 5.41. The number of carbonyl (C=O) groups excluding carboxylic acids is 1. The molecule has 3 heteroatoms. The van der Waals surface area contributed by atoms with Crippen LogP contribution in [0.3, 0.4) is 0 Å². The molecule has 82 valence electrons. The lowest BCUT2D eigenvalue weighted by Gasteiger charge is -2.28. The van der Waals surface area contributed by atoms with Crippen LogP contribution in [0.15, 0.2) is 0 Å². The Bertz CT molecular complexity index is 215. The van der Waals surface area contributed by atoms with Gasteiger partial charge >= 0.3 is 0 Å². The number of rotatable bonds is 3. The zero-order valence-electron chi connectivity index (χ0n) is 9.53. The quantitative estimate of drug-likeness (QED) is 0.727. The van der Waals surface area contributed by atoms with Crippen molar-refractivity contribution in [1.82, 2.24) is 4.90 Å². The van der Waals surface area contributed by atoms with Gasteiger partial charge in [-0.3, -0.25) is 9.69 Å². The maximum Gasteiger partial charge on any atom is 0.152 e. The minimum Gasteiger partial charge on any atom is -0.298 e. The van der Waals surface area contributed by atoms with Gasteiger partial charge in [0.05, 0.1) is 6.04 Å². The van der Waals surface area contributed by atoms with Crippen molar-refractivity contribution in [3.63, 3.8) is 0 Å². The number of Topliss-reactive ketones (excluding diaryl/α,β-unsaturated/α-hetero) is 1. The van der Waals surface area contributed by atoms with E-state index < -0.39 is 0 Å². The largest absolute Gasteiger partial charge is 0.298 e. The van der Waals surface area contributed by atoms with Gasteiger partial charge in [-0.15, -0.1) is 0 Å². The molecule has 0 saturated carbocycles. The van der Waals surface area contributed by atoms with Crippen LogP contribution in [0.2, 0.25) is 0 Å². The molecule has 0 aromatic rings. The van der Waals surface area contributed by atoms with E-state index in [1.165, 1.54) is 0 Å². The second kappa shape index (κ2) is 4.67. The highest BCUT2D eigenvalue weighted by molar-refractivity contribution is 7.81. The van der Waals surface area contributed by atoms with E-state index in [1.54, 1.807) is 0 Å². The molecule has 0 bridgehead atoms. The summed E-state index contributed by atoms with van der Waals surface area (Å²) >= 11 is 4.47. The molecular formula is C11H21NOS. The van der Waals surface area contributed by atoms with Crippen LogP contribution in [0.5, 0.6) is 0 Å². The summed E-state index contributed by atoms with van der Waals surface area (Å²) in [6.45, 7) is 9.20. The maximum absolute atomic E-state index is 11.9. The van der Waals surface area contributed by atoms with Crippen LogP contribution in [0.4, 0.5) is 0 Å². The van der Waals surface area contributed by atoms with E-state index in [9.17, 15) is 4.79 Å². The molecule has 2 unspecified atom stereocenters. The van der Waals surface area contributed by atoms with Crippen molar-refractivity contribution in [3.05, 3.63) is 0 Å². The van der Waals surface area contributed by atoms with Gasteiger partial charge in [0, 0.05) is 23.8 Å². The Balaban J connectivity index is 2.71. The Kier molecular flexibility index (Phi) is 4.02. The minimum atomic E-state index is 0.109. The first kappa shape index (κ1) is 12.1. The van der Waals surface area contributed by atoms with Crippen molar-refractivity contribution in [2.45, 2.75) is 51.4 Å². The third-order valence-corrected chi connectivity index (χ3v) is 3.25. The number of nitrogens with zero attached hydrogens (tertiary/aromatic N) is 1. The molecular weight excluding hydrogens is 194 g/mol. The smallest absolute Gasteiger partial charge is 0.152 e. The van der Waals surface area contributed by atoms with Gasteiger partial charge in [-0.1, -0.05) is 13.8 Å². The summed E-state index contributed by atoms with van der Waals surface area (Å²) in [7, 11) is 0. The minimum absolute atomic E-state index is 0.109. The molecule has 14 heavy (non-hydrogen) atoms. The SMILES string of the molecule is CC(C)C(=O)C1CC(S)CN1C(C)C. The number of hydrogen-bond donors (Lipinski definition) is 1. The molecule has 0 aromatic heterocycles. The molecule has 0 N–H and O–H groups in total. The van der Waals surface area contributed by atoms with Gasteiger partial charge in [-0.05, 0) is 20.3 Å². The van der Waals surface area contributed by atoms with Crippen molar-refractivity contribution in [2.75, 3.05) is 6.54 Å². The molecule has 0 spiro atoms. The number of hydrogen-bond acceptors (Lipinski definition) is 3. The van der Waals surface area contributed by atoms with Crippen molar-refractivity contribution >= 4 is 18.4 Å². The Hall–Kier alpha value is -0.0200. The van der Waals surface area contributed by atoms with Gasteiger partial charge in [0.25, 0.3) is 0 Å². The Labute approximate surface area is 92.5 Å². The molecule has 1 aliphatic heterocycles. The van der Waals surface area contributed by atoms with Gasteiger partial charge in [0.15, 0.2) is 5.78 Å². The van der Waals surface area contributed by atoms with E-state index in [2.05, 4.69) is 31.4 Å². The van der Waals surface area contributed by atoms with Crippen LogP contribution in [-0.4, -0.2) is 34.6 Å². The summed E-state index contributed by atoms with van der Waals surface area (Å²) in [5.74, 6) is 0.509. The summed E-state index contributed by atoms with van der Waals surface area (Å²) in [6.07, 6.45) is 0.915. The average Bonchev–Trinajstić information content (AvgIpc) is 2.45. The van der Waals surface area contributed by atoms with Crippen LogP contribution in [0, 0.1) is 5.92 Å². The molecule has 1 fully saturated rings. The third-order valence-electron chi connectivity index (χ3n) is 2.88. The lowest BCUT2D eigenvalue weighted by Crippen LogP contribution is -2.42. The van der Waals surface area contributed by atoms with Gasteiger partial charge in [0.1, 0.15) is 0 Å². The molecule has 0 aliphatic carbocycles. The predicted molar refractivity (Wildman–Crippen MR) is 62.9 cm³/mol. The fourth-order valence-corrected chi connectivity index (χ4v) is 2.46. The molecule has 1 aliphatic rings. The topological polar surface area (TPSA) is 20.3 Å². The zero-order valence-corrected chi connectivity index (χ0v) is 10.4. The first-order chi connectivity index (χ1) is 6.43. The monoisotopic (exact) mass is 215 g/mol. The number of carbonyl (C=O) groups is 1. The van der Waals surface area contributed by atoms with E-state index in [0.717, 1.165) is 13.0 Å². The second-order valence-electron chi connectivity index (χ2n) is 4.75. The fourth-order valence-electron chi connectivity index (χ4n) is 2.07. The van der Waals surface area contributed by atoms with Crippen molar-refractivity contribution in [3.8, 4) is 0 Å². The summed E-state index contributed by atoms with van der Waals surface area (Å²) in [5, 5.41) is 0.366. The molecule has 1 heterocycles. The van der Waals surface area contributed by atoms with E-state index in [-0.39, 0.29) is 12.0 Å². The zero-order chi connectivity index (χ0) is 10.9. The van der Waals surface area contributed by atoms with Crippen LogP contribution in [-0.2, 0) is 4.79 Å². The highest BCUT2D eigenvalue weighted by Gasteiger charge is 2.36. The normalized spacial score (nSPS) is 29.1. The fraction of sp³-hybridized carbons (Fsp3) is 0.909. The molecule has 2 nitrogen and oxygen atoms in total. The van der Waals surface area contributed by atoms with Gasteiger partial charge in [-0.25, -0.2) is 0 Å². The molecule has 2 atom stereocenters. The molecule has 0 aromatic carbocycles. The van der Waals surface area contributed by atoms with E-state index >= 15 is 0 Å². The van der Waals surface area contributed by atoms with Crippen LogP contribution in [0.25, 0.3) is 0 Å². The third kappa shape index (κ3) is 2.51. The Morgan fingerprint density at radius 3 is 2.36 bits per heavy atom. The van der Waals surface area contributed by atoms with Crippen LogP contribution >= 0.6 is 12.6 Å². The maximum atomic E-state index is 11.9. The van der Waals surface area contributed by atoms with Gasteiger partial charge < -0.3 is 0 Å². The van der Waals surface area contributed by atoms with Crippen molar-refractivity contribution in [1.29, 1.82) is 0 Å². The van der Waals surface area contributed by atoms with Crippen LogP contribution in [0.1, 0.15) is 34.1 Å². The lowest BCUT2D eigenvalue weighted by molar-refractivity contribution is -0.126. The molecule has 0 amide bonds. The predicted octanol–water partition coefficient (Wildman–Crippen LogP) is 1.99.